The normalized spacial score (nSPS) is 10.9. The zero-order valence-electron chi connectivity index (χ0n) is 11.7. The molecule has 0 unspecified atom stereocenters. The van der Waals surface area contributed by atoms with E-state index in [4.69, 9.17) is 12.2 Å². The molecule has 22 heavy (non-hydrogen) atoms. The number of pyridine rings is 1. The highest BCUT2D eigenvalue weighted by Gasteiger charge is 2.06. The van der Waals surface area contributed by atoms with Crippen LogP contribution in [0.15, 0.2) is 53.8 Å². The average Bonchev–Trinajstić information content (AvgIpc) is 2.53. The molecule has 0 fully saturated rings. The van der Waals surface area contributed by atoms with Gasteiger partial charge in [-0.2, -0.15) is 5.10 Å². The fourth-order valence-electron chi connectivity index (χ4n) is 1.62. The molecule has 1 heterocycles. The van der Waals surface area contributed by atoms with Crippen LogP contribution < -0.4 is 10.7 Å². The largest absolute Gasteiger partial charge is 0.331 e. The highest BCUT2D eigenvalue weighted by Crippen LogP contribution is 2.16. The van der Waals surface area contributed by atoms with Crippen LogP contribution in [0.5, 0.6) is 0 Å². The molecule has 112 valence electrons. The van der Waals surface area contributed by atoms with Crippen LogP contribution >= 0.6 is 12.2 Å². The number of rotatable bonds is 4. The molecule has 0 radical (unpaired) electrons. The first-order valence-electron chi connectivity index (χ1n) is 6.33. The number of hydrogen-bond donors (Lipinski definition) is 2. The first-order chi connectivity index (χ1) is 10.6. The van der Waals surface area contributed by atoms with E-state index in [-0.39, 0.29) is 10.8 Å². The van der Waals surface area contributed by atoms with Gasteiger partial charge in [-0.15, -0.1) is 0 Å². The summed E-state index contributed by atoms with van der Waals surface area (Å²) in [5, 5.41) is 17.9. The summed E-state index contributed by atoms with van der Waals surface area (Å²) in [6.45, 7) is 1.80. The number of benzene rings is 1. The molecular weight excluding hydrogens is 302 g/mol. The maximum absolute atomic E-state index is 10.7. The monoisotopic (exact) mass is 315 g/mol. The van der Waals surface area contributed by atoms with Crippen LogP contribution in [0.2, 0.25) is 0 Å². The van der Waals surface area contributed by atoms with Crippen molar-refractivity contribution >= 4 is 34.4 Å². The van der Waals surface area contributed by atoms with Crippen molar-refractivity contribution < 1.29 is 4.92 Å². The lowest BCUT2D eigenvalue weighted by Crippen LogP contribution is -2.25. The Hall–Kier alpha value is -2.87. The van der Waals surface area contributed by atoms with Gasteiger partial charge >= 0.3 is 0 Å². The predicted octanol–water partition coefficient (Wildman–Crippen LogP) is 2.70. The van der Waals surface area contributed by atoms with Crippen molar-refractivity contribution in [2.45, 2.75) is 6.92 Å². The number of nitrogens with one attached hydrogen (secondary N) is 2. The summed E-state index contributed by atoms with van der Waals surface area (Å²) in [6.07, 6.45) is 1.67. The van der Waals surface area contributed by atoms with Crippen LogP contribution in [-0.4, -0.2) is 20.7 Å². The molecule has 2 rings (SSSR count). The van der Waals surface area contributed by atoms with E-state index in [9.17, 15) is 10.1 Å². The van der Waals surface area contributed by atoms with E-state index in [0.29, 0.717) is 11.4 Å². The van der Waals surface area contributed by atoms with Gasteiger partial charge in [-0.1, -0.05) is 12.1 Å². The van der Waals surface area contributed by atoms with Crippen molar-refractivity contribution in [3.8, 4) is 0 Å². The Bertz CT molecular complexity index is 718. The van der Waals surface area contributed by atoms with Crippen molar-refractivity contribution in [2.75, 3.05) is 5.32 Å². The van der Waals surface area contributed by atoms with Gasteiger partial charge in [-0.3, -0.25) is 20.5 Å². The van der Waals surface area contributed by atoms with E-state index in [0.717, 1.165) is 5.69 Å². The Labute approximate surface area is 132 Å². The third-order valence-electron chi connectivity index (χ3n) is 2.68. The van der Waals surface area contributed by atoms with Crippen LogP contribution in [0.4, 0.5) is 11.4 Å². The highest BCUT2D eigenvalue weighted by molar-refractivity contribution is 7.80. The van der Waals surface area contributed by atoms with Gasteiger partial charge in [-0.25, -0.2) is 0 Å². The number of nitrogens with zero attached hydrogens (tertiary/aromatic N) is 3. The van der Waals surface area contributed by atoms with Crippen LogP contribution in [-0.2, 0) is 0 Å². The van der Waals surface area contributed by atoms with Gasteiger partial charge in [0.05, 0.1) is 16.3 Å². The second-order valence-electron chi connectivity index (χ2n) is 4.29. The second kappa shape index (κ2) is 7.23. The van der Waals surface area contributed by atoms with Gasteiger partial charge in [0.15, 0.2) is 5.11 Å². The lowest BCUT2D eigenvalue weighted by molar-refractivity contribution is -0.384. The Balaban J connectivity index is 1.99. The number of nitro groups is 1. The van der Waals surface area contributed by atoms with E-state index in [2.05, 4.69) is 20.8 Å². The fraction of sp³-hybridized carbons (Fsp3) is 0.0714. The molecule has 8 heteroatoms. The zero-order valence-corrected chi connectivity index (χ0v) is 12.5. The van der Waals surface area contributed by atoms with Gasteiger partial charge in [0, 0.05) is 24.0 Å². The van der Waals surface area contributed by atoms with Gasteiger partial charge in [0.2, 0.25) is 0 Å². The number of non-ortho nitro benzene ring substituents is 1. The molecule has 0 aliphatic heterocycles. The highest BCUT2D eigenvalue weighted by atomic mass is 32.1. The van der Waals surface area contributed by atoms with Gasteiger partial charge in [-0.05, 0) is 37.3 Å². The quantitative estimate of drug-likeness (QED) is 0.390. The van der Waals surface area contributed by atoms with Crippen LogP contribution in [0.25, 0.3) is 0 Å². The minimum atomic E-state index is -0.467. The topological polar surface area (TPSA) is 92.5 Å². The zero-order chi connectivity index (χ0) is 15.9. The molecule has 0 atom stereocenters. The summed E-state index contributed by atoms with van der Waals surface area (Å²) in [5.41, 5.74) is 4.57. The van der Waals surface area contributed by atoms with Crippen LogP contribution in [0, 0.1) is 10.1 Å². The summed E-state index contributed by atoms with van der Waals surface area (Å²) < 4.78 is 0. The molecule has 0 bridgehead atoms. The second-order valence-corrected chi connectivity index (χ2v) is 4.69. The third kappa shape index (κ3) is 4.32. The van der Waals surface area contributed by atoms with E-state index in [1.165, 1.54) is 12.1 Å². The molecule has 0 aliphatic carbocycles. The molecule has 0 amide bonds. The molecule has 1 aromatic carbocycles. The Morgan fingerprint density at radius 1 is 1.32 bits per heavy atom. The molecule has 7 nitrogen and oxygen atoms in total. The SMILES string of the molecule is CC(=NNC(=S)Nc1cccc([N+](=O)[O-])c1)c1ccccn1. The minimum absolute atomic E-state index is 0.0130. The van der Waals surface area contributed by atoms with Crippen LogP contribution in [0.3, 0.4) is 0 Å². The predicted molar refractivity (Wildman–Crippen MR) is 88.9 cm³/mol. The maximum Gasteiger partial charge on any atom is 0.271 e. The smallest absolute Gasteiger partial charge is 0.271 e. The van der Waals surface area contributed by atoms with E-state index >= 15 is 0 Å². The lowest BCUT2D eigenvalue weighted by atomic mass is 10.3. The molecule has 1 aromatic heterocycles. The third-order valence-corrected chi connectivity index (χ3v) is 2.87. The van der Waals surface area contributed by atoms with Crippen molar-refractivity contribution in [3.63, 3.8) is 0 Å². The van der Waals surface area contributed by atoms with Gasteiger partial charge in [0.1, 0.15) is 0 Å². The standard InChI is InChI=1S/C14H13N5O2S/c1-10(13-7-2-3-8-15-13)17-18-14(22)16-11-5-4-6-12(9-11)19(20)21/h2-9H,1H3,(H2,16,18,22). The molecule has 0 saturated heterocycles. The summed E-state index contributed by atoms with van der Waals surface area (Å²) >= 11 is 5.09. The number of aromatic nitrogens is 1. The van der Waals surface area contributed by atoms with Gasteiger partial charge in [0.25, 0.3) is 5.69 Å². The summed E-state index contributed by atoms with van der Waals surface area (Å²) in [5.74, 6) is 0. The average molecular weight is 315 g/mol. The Morgan fingerprint density at radius 2 is 2.14 bits per heavy atom. The molecule has 0 aliphatic rings. The first kappa shape index (κ1) is 15.5. The minimum Gasteiger partial charge on any atom is -0.331 e. The first-order valence-corrected chi connectivity index (χ1v) is 6.74. The summed E-state index contributed by atoms with van der Waals surface area (Å²) in [6, 6.07) is 11.6. The van der Waals surface area contributed by atoms with E-state index in [1.807, 2.05) is 18.2 Å². The Kier molecular flexibility index (Phi) is 5.10. The number of hydrogen-bond acceptors (Lipinski definition) is 5. The van der Waals surface area contributed by atoms with Crippen molar-refractivity contribution in [2.24, 2.45) is 5.10 Å². The maximum atomic E-state index is 10.7. The van der Waals surface area contributed by atoms with E-state index < -0.39 is 4.92 Å². The molecule has 2 aromatic rings. The van der Waals surface area contributed by atoms with Crippen molar-refractivity contribution in [3.05, 3.63) is 64.5 Å². The Morgan fingerprint density at radius 3 is 2.82 bits per heavy atom. The summed E-state index contributed by atoms with van der Waals surface area (Å²) in [4.78, 5) is 14.4. The molecular formula is C14H13N5O2S. The van der Waals surface area contributed by atoms with Crippen LogP contribution in [0.1, 0.15) is 12.6 Å². The number of anilines is 1. The fourth-order valence-corrected chi connectivity index (χ4v) is 1.79. The van der Waals surface area contributed by atoms with Gasteiger partial charge < -0.3 is 5.32 Å². The van der Waals surface area contributed by atoms with E-state index in [1.54, 1.807) is 25.3 Å². The van der Waals surface area contributed by atoms with Crippen molar-refractivity contribution in [1.82, 2.24) is 10.4 Å². The number of nitro benzene ring substituents is 1. The molecule has 0 spiro atoms. The van der Waals surface area contributed by atoms with Crippen molar-refractivity contribution in [1.29, 1.82) is 0 Å². The lowest BCUT2D eigenvalue weighted by Gasteiger charge is -2.07. The number of thiocarbonyl (C=S) groups is 1. The molecule has 2 N–H and O–H groups in total. The molecule has 0 saturated carbocycles. The summed E-state index contributed by atoms with van der Waals surface area (Å²) in [7, 11) is 0. The number of hydrazone groups is 1.